The summed E-state index contributed by atoms with van der Waals surface area (Å²) in [5.74, 6) is 0.773. The molecule has 0 aromatic rings. The molecule has 15 heavy (non-hydrogen) atoms. The minimum absolute atomic E-state index is 0.201. The minimum atomic E-state index is -0.216. The Morgan fingerprint density at radius 1 is 1.60 bits per heavy atom. The maximum absolute atomic E-state index is 12.2. The molecule has 0 aromatic heterocycles. The van der Waals surface area contributed by atoms with Crippen molar-refractivity contribution in [3.8, 4) is 0 Å². The second kappa shape index (κ2) is 4.52. The number of hydrogen-bond donors (Lipinski definition) is 1. The molecule has 0 aliphatic carbocycles. The molecule has 2 atom stereocenters. The van der Waals surface area contributed by atoms with Gasteiger partial charge in [-0.3, -0.25) is 4.79 Å². The molecule has 1 rings (SSSR count). The number of carbonyl (C=O) groups is 1. The Kier molecular flexibility index (Phi) is 3.77. The summed E-state index contributed by atoms with van der Waals surface area (Å²) in [6.45, 7) is 9.87. The topological polar surface area (TPSA) is 46.3 Å². The van der Waals surface area contributed by atoms with E-state index in [1.54, 1.807) is 0 Å². The van der Waals surface area contributed by atoms with E-state index in [1.165, 1.54) is 0 Å². The van der Waals surface area contributed by atoms with Gasteiger partial charge >= 0.3 is 0 Å². The van der Waals surface area contributed by atoms with Crippen LogP contribution in [0.2, 0.25) is 0 Å². The first-order chi connectivity index (χ1) is 6.88. The molecule has 1 amide bonds. The third-order valence-electron chi connectivity index (χ3n) is 3.72. The van der Waals surface area contributed by atoms with Gasteiger partial charge in [0.1, 0.15) is 0 Å². The molecule has 88 valence electrons. The molecule has 0 aromatic carbocycles. The molecular formula is C12H24N2O. The standard InChI is InChI=1S/C12H24N2O/c1-5-12(3,4)11(15)14-7-6-10(8-14)9(2)13/h9-10H,5-8,13H2,1-4H3. The third-order valence-corrected chi connectivity index (χ3v) is 3.72. The summed E-state index contributed by atoms with van der Waals surface area (Å²) >= 11 is 0. The van der Waals surface area contributed by atoms with Crippen molar-refractivity contribution in [2.75, 3.05) is 13.1 Å². The first kappa shape index (κ1) is 12.5. The highest BCUT2D eigenvalue weighted by Crippen LogP contribution is 2.27. The maximum Gasteiger partial charge on any atom is 0.228 e. The summed E-state index contributed by atoms with van der Waals surface area (Å²) in [6, 6.07) is 0.201. The van der Waals surface area contributed by atoms with Crippen LogP contribution in [0.3, 0.4) is 0 Å². The van der Waals surface area contributed by atoms with Gasteiger partial charge in [0, 0.05) is 24.5 Å². The van der Waals surface area contributed by atoms with E-state index in [0.29, 0.717) is 5.92 Å². The van der Waals surface area contributed by atoms with Crippen LogP contribution in [-0.2, 0) is 4.79 Å². The molecular weight excluding hydrogens is 188 g/mol. The van der Waals surface area contributed by atoms with Gasteiger partial charge in [-0.05, 0) is 25.7 Å². The monoisotopic (exact) mass is 212 g/mol. The Morgan fingerprint density at radius 3 is 2.60 bits per heavy atom. The van der Waals surface area contributed by atoms with E-state index in [4.69, 9.17) is 5.73 Å². The van der Waals surface area contributed by atoms with Gasteiger partial charge in [-0.25, -0.2) is 0 Å². The van der Waals surface area contributed by atoms with Crippen LogP contribution in [0.5, 0.6) is 0 Å². The van der Waals surface area contributed by atoms with Crippen LogP contribution in [0.1, 0.15) is 40.5 Å². The second-order valence-electron chi connectivity index (χ2n) is 5.40. The van der Waals surface area contributed by atoms with E-state index in [1.807, 2.05) is 25.7 Å². The van der Waals surface area contributed by atoms with E-state index in [-0.39, 0.29) is 17.4 Å². The molecule has 1 saturated heterocycles. The van der Waals surface area contributed by atoms with Crippen molar-refractivity contribution in [3.63, 3.8) is 0 Å². The van der Waals surface area contributed by atoms with Crippen LogP contribution >= 0.6 is 0 Å². The summed E-state index contributed by atoms with van der Waals surface area (Å²) in [5, 5.41) is 0. The third kappa shape index (κ3) is 2.71. The molecule has 1 aliphatic rings. The summed E-state index contributed by atoms with van der Waals surface area (Å²) in [4.78, 5) is 14.1. The van der Waals surface area contributed by atoms with Crippen molar-refractivity contribution in [1.29, 1.82) is 0 Å². The van der Waals surface area contributed by atoms with Crippen molar-refractivity contribution in [2.24, 2.45) is 17.1 Å². The number of rotatable bonds is 3. The van der Waals surface area contributed by atoms with Crippen molar-refractivity contribution >= 4 is 5.91 Å². The Balaban J connectivity index is 2.58. The molecule has 2 N–H and O–H groups in total. The van der Waals surface area contributed by atoms with Gasteiger partial charge in [0.15, 0.2) is 0 Å². The van der Waals surface area contributed by atoms with Crippen LogP contribution in [0.4, 0.5) is 0 Å². The lowest BCUT2D eigenvalue weighted by molar-refractivity contribution is -0.139. The fraction of sp³-hybridized carbons (Fsp3) is 0.917. The van der Waals surface area contributed by atoms with Crippen LogP contribution in [0, 0.1) is 11.3 Å². The number of amides is 1. The average molecular weight is 212 g/mol. The zero-order chi connectivity index (χ0) is 11.6. The Morgan fingerprint density at radius 2 is 2.20 bits per heavy atom. The fourth-order valence-electron chi connectivity index (χ4n) is 1.98. The molecule has 0 spiro atoms. The smallest absolute Gasteiger partial charge is 0.228 e. The predicted molar refractivity (Wildman–Crippen MR) is 62.4 cm³/mol. The highest BCUT2D eigenvalue weighted by atomic mass is 16.2. The summed E-state index contributed by atoms with van der Waals surface area (Å²) in [7, 11) is 0. The van der Waals surface area contributed by atoms with E-state index in [2.05, 4.69) is 6.92 Å². The molecule has 1 aliphatic heterocycles. The number of carbonyl (C=O) groups excluding carboxylic acids is 1. The van der Waals surface area contributed by atoms with Gasteiger partial charge in [0.25, 0.3) is 0 Å². The summed E-state index contributed by atoms with van der Waals surface area (Å²) < 4.78 is 0. The van der Waals surface area contributed by atoms with Crippen molar-refractivity contribution in [1.82, 2.24) is 4.90 Å². The molecule has 0 bridgehead atoms. The lowest BCUT2D eigenvalue weighted by Crippen LogP contribution is -2.40. The van der Waals surface area contributed by atoms with E-state index in [9.17, 15) is 4.79 Å². The average Bonchev–Trinajstić information content (AvgIpc) is 2.65. The highest BCUT2D eigenvalue weighted by molar-refractivity contribution is 5.82. The Hall–Kier alpha value is -0.570. The van der Waals surface area contributed by atoms with E-state index in [0.717, 1.165) is 25.9 Å². The summed E-state index contributed by atoms with van der Waals surface area (Å²) in [5.41, 5.74) is 5.65. The molecule has 3 heteroatoms. The fourth-order valence-corrected chi connectivity index (χ4v) is 1.98. The van der Waals surface area contributed by atoms with E-state index >= 15 is 0 Å². The first-order valence-electron chi connectivity index (χ1n) is 5.93. The Bertz CT molecular complexity index is 236. The number of nitrogens with two attached hydrogens (primary N) is 1. The lowest BCUT2D eigenvalue weighted by atomic mass is 9.88. The SMILES string of the molecule is CCC(C)(C)C(=O)N1CCC(C(C)N)C1. The van der Waals surface area contributed by atoms with Crippen molar-refractivity contribution < 1.29 is 4.79 Å². The van der Waals surface area contributed by atoms with Crippen LogP contribution in [0.15, 0.2) is 0 Å². The molecule has 2 unspecified atom stereocenters. The number of hydrogen-bond acceptors (Lipinski definition) is 2. The lowest BCUT2D eigenvalue weighted by Gasteiger charge is -2.28. The van der Waals surface area contributed by atoms with Crippen molar-refractivity contribution in [3.05, 3.63) is 0 Å². The van der Waals surface area contributed by atoms with Crippen LogP contribution < -0.4 is 5.73 Å². The number of likely N-dealkylation sites (tertiary alicyclic amines) is 1. The second-order valence-corrected chi connectivity index (χ2v) is 5.40. The quantitative estimate of drug-likeness (QED) is 0.772. The largest absolute Gasteiger partial charge is 0.342 e. The van der Waals surface area contributed by atoms with Gasteiger partial charge in [0.2, 0.25) is 5.91 Å². The van der Waals surface area contributed by atoms with Gasteiger partial charge in [-0.15, -0.1) is 0 Å². The van der Waals surface area contributed by atoms with E-state index < -0.39 is 0 Å². The Labute approximate surface area is 93.0 Å². The molecule has 0 saturated carbocycles. The molecule has 1 heterocycles. The first-order valence-corrected chi connectivity index (χ1v) is 5.93. The maximum atomic E-state index is 12.2. The minimum Gasteiger partial charge on any atom is -0.342 e. The van der Waals surface area contributed by atoms with Crippen molar-refractivity contribution in [2.45, 2.75) is 46.6 Å². The van der Waals surface area contributed by atoms with Gasteiger partial charge < -0.3 is 10.6 Å². The zero-order valence-corrected chi connectivity index (χ0v) is 10.4. The van der Waals surface area contributed by atoms with Gasteiger partial charge in [-0.2, -0.15) is 0 Å². The van der Waals surface area contributed by atoms with Crippen LogP contribution in [-0.4, -0.2) is 29.9 Å². The highest BCUT2D eigenvalue weighted by Gasteiger charge is 2.35. The number of nitrogens with zero attached hydrogens (tertiary/aromatic N) is 1. The van der Waals surface area contributed by atoms with Gasteiger partial charge in [-0.1, -0.05) is 20.8 Å². The van der Waals surface area contributed by atoms with Gasteiger partial charge in [0.05, 0.1) is 0 Å². The zero-order valence-electron chi connectivity index (χ0n) is 10.4. The molecule has 3 nitrogen and oxygen atoms in total. The summed E-state index contributed by atoms with van der Waals surface area (Å²) in [6.07, 6.45) is 1.95. The predicted octanol–water partition coefficient (Wildman–Crippen LogP) is 1.62. The molecule has 1 fully saturated rings. The molecule has 0 radical (unpaired) electrons. The normalized spacial score (nSPS) is 24.3. The van der Waals surface area contributed by atoms with Crippen LogP contribution in [0.25, 0.3) is 0 Å².